The summed E-state index contributed by atoms with van der Waals surface area (Å²) < 4.78 is 12.8. The summed E-state index contributed by atoms with van der Waals surface area (Å²) in [4.78, 5) is 2.43. The molecule has 0 aromatic heterocycles. The van der Waals surface area contributed by atoms with Gasteiger partial charge in [0.15, 0.2) is 5.79 Å². The standard InChI is InChI=1S/C14H18BrNO2/c15-13-5-2-1-4-12(13)10-16-7-3-6-14(11-16)17-8-9-18-14/h1-2,4-5H,3,6-11H2. The third-order valence-corrected chi connectivity index (χ3v) is 4.44. The summed E-state index contributed by atoms with van der Waals surface area (Å²) in [5.41, 5.74) is 1.33. The first-order valence-electron chi connectivity index (χ1n) is 6.51. The lowest BCUT2D eigenvalue weighted by Crippen LogP contribution is -2.48. The van der Waals surface area contributed by atoms with E-state index in [9.17, 15) is 0 Å². The normalized spacial score (nSPS) is 23.6. The SMILES string of the molecule is Brc1ccccc1CN1CCCC2(C1)OCCO2. The average Bonchev–Trinajstić information content (AvgIpc) is 2.80. The topological polar surface area (TPSA) is 21.7 Å². The Morgan fingerprint density at radius 2 is 2.00 bits per heavy atom. The molecule has 2 heterocycles. The van der Waals surface area contributed by atoms with Gasteiger partial charge < -0.3 is 9.47 Å². The average molecular weight is 312 g/mol. The number of ether oxygens (including phenoxy) is 2. The summed E-state index contributed by atoms with van der Waals surface area (Å²) in [6.45, 7) is 4.44. The molecule has 4 heteroatoms. The maximum atomic E-state index is 5.80. The van der Waals surface area contributed by atoms with E-state index in [2.05, 4.69) is 45.1 Å². The summed E-state index contributed by atoms with van der Waals surface area (Å²) in [5, 5.41) is 0. The molecular formula is C14H18BrNO2. The molecule has 3 nitrogen and oxygen atoms in total. The predicted molar refractivity (Wildman–Crippen MR) is 73.3 cm³/mol. The highest BCUT2D eigenvalue weighted by atomic mass is 79.9. The predicted octanol–water partition coefficient (Wildman–Crippen LogP) is 2.79. The Labute approximate surface area is 116 Å². The van der Waals surface area contributed by atoms with Gasteiger partial charge in [0.05, 0.1) is 19.8 Å². The maximum Gasteiger partial charge on any atom is 0.181 e. The molecule has 98 valence electrons. The van der Waals surface area contributed by atoms with Gasteiger partial charge in [-0.05, 0) is 24.6 Å². The van der Waals surface area contributed by atoms with Crippen LogP contribution in [0.25, 0.3) is 0 Å². The van der Waals surface area contributed by atoms with E-state index in [0.29, 0.717) is 0 Å². The lowest BCUT2D eigenvalue weighted by molar-refractivity contribution is -0.190. The van der Waals surface area contributed by atoms with Gasteiger partial charge in [0.1, 0.15) is 0 Å². The molecule has 0 bridgehead atoms. The summed E-state index contributed by atoms with van der Waals surface area (Å²) in [6, 6.07) is 8.40. The smallest absolute Gasteiger partial charge is 0.181 e. The summed E-state index contributed by atoms with van der Waals surface area (Å²) in [7, 11) is 0. The summed E-state index contributed by atoms with van der Waals surface area (Å²) in [6.07, 6.45) is 2.17. The van der Waals surface area contributed by atoms with E-state index in [0.717, 1.165) is 45.7 Å². The van der Waals surface area contributed by atoms with Crippen LogP contribution in [0.4, 0.5) is 0 Å². The van der Waals surface area contributed by atoms with Crippen LogP contribution in [0.5, 0.6) is 0 Å². The summed E-state index contributed by atoms with van der Waals surface area (Å²) >= 11 is 3.61. The Bertz CT molecular complexity index is 418. The van der Waals surface area contributed by atoms with Crippen molar-refractivity contribution in [2.75, 3.05) is 26.3 Å². The summed E-state index contributed by atoms with van der Waals surface area (Å²) in [5.74, 6) is -0.320. The third kappa shape index (κ3) is 2.62. The van der Waals surface area contributed by atoms with Crippen molar-refractivity contribution in [2.45, 2.75) is 25.2 Å². The molecule has 1 aromatic carbocycles. The zero-order valence-electron chi connectivity index (χ0n) is 10.4. The number of hydrogen-bond donors (Lipinski definition) is 0. The van der Waals surface area contributed by atoms with Crippen LogP contribution in [0.15, 0.2) is 28.7 Å². The van der Waals surface area contributed by atoms with E-state index in [-0.39, 0.29) is 5.79 Å². The molecule has 0 amide bonds. The minimum absolute atomic E-state index is 0.320. The van der Waals surface area contributed by atoms with Crippen molar-refractivity contribution in [3.05, 3.63) is 34.3 Å². The van der Waals surface area contributed by atoms with E-state index in [1.165, 1.54) is 10.0 Å². The fraction of sp³-hybridized carbons (Fsp3) is 0.571. The van der Waals surface area contributed by atoms with E-state index >= 15 is 0 Å². The van der Waals surface area contributed by atoms with Gasteiger partial charge in [0.2, 0.25) is 0 Å². The van der Waals surface area contributed by atoms with E-state index in [4.69, 9.17) is 9.47 Å². The van der Waals surface area contributed by atoms with Crippen molar-refractivity contribution < 1.29 is 9.47 Å². The number of hydrogen-bond acceptors (Lipinski definition) is 3. The van der Waals surface area contributed by atoms with Crippen LogP contribution in [0.3, 0.4) is 0 Å². The van der Waals surface area contributed by atoms with Crippen LogP contribution in [0.1, 0.15) is 18.4 Å². The lowest BCUT2D eigenvalue weighted by atomic mass is 10.0. The minimum atomic E-state index is -0.320. The Balaban J connectivity index is 1.68. The molecule has 2 aliphatic rings. The number of likely N-dealkylation sites (tertiary alicyclic amines) is 1. The molecule has 2 fully saturated rings. The number of benzene rings is 1. The fourth-order valence-corrected chi connectivity index (χ4v) is 3.22. The molecule has 0 N–H and O–H groups in total. The first-order valence-corrected chi connectivity index (χ1v) is 7.30. The fourth-order valence-electron chi connectivity index (χ4n) is 2.81. The van der Waals surface area contributed by atoms with Crippen molar-refractivity contribution in [1.29, 1.82) is 0 Å². The highest BCUT2D eigenvalue weighted by molar-refractivity contribution is 9.10. The number of halogens is 1. The van der Waals surface area contributed by atoms with Crippen molar-refractivity contribution in [2.24, 2.45) is 0 Å². The van der Waals surface area contributed by atoms with Gasteiger partial charge in [-0.2, -0.15) is 0 Å². The van der Waals surface area contributed by atoms with Gasteiger partial charge in [0.25, 0.3) is 0 Å². The minimum Gasteiger partial charge on any atom is -0.346 e. The molecule has 0 saturated carbocycles. The molecule has 1 spiro atoms. The highest BCUT2D eigenvalue weighted by Crippen LogP contribution is 2.31. The molecule has 0 atom stereocenters. The van der Waals surface area contributed by atoms with Gasteiger partial charge in [-0.3, -0.25) is 4.90 Å². The Kier molecular flexibility index (Phi) is 3.71. The van der Waals surface area contributed by atoms with Gasteiger partial charge in [-0.25, -0.2) is 0 Å². The van der Waals surface area contributed by atoms with Crippen LogP contribution in [0.2, 0.25) is 0 Å². The monoisotopic (exact) mass is 311 g/mol. The second kappa shape index (κ2) is 5.29. The van der Waals surface area contributed by atoms with Crippen molar-refractivity contribution >= 4 is 15.9 Å². The van der Waals surface area contributed by atoms with Gasteiger partial charge >= 0.3 is 0 Å². The molecular weight excluding hydrogens is 294 g/mol. The Morgan fingerprint density at radius 3 is 2.78 bits per heavy atom. The molecule has 2 saturated heterocycles. The molecule has 0 unspecified atom stereocenters. The van der Waals surface area contributed by atoms with Crippen molar-refractivity contribution in [1.82, 2.24) is 4.90 Å². The van der Waals surface area contributed by atoms with E-state index in [1.807, 2.05) is 0 Å². The zero-order valence-corrected chi connectivity index (χ0v) is 12.0. The van der Waals surface area contributed by atoms with Crippen LogP contribution in [-0.2, 0) is 16.0 Å². The Morgan fingerprint density at radius 1 is 1.22 bits per heavy atom. The van der Waals surface area contributed by atoms with Crippen LogP contribution < -0.4 is 0 Å². The number of rotatable bonds is 2. The van der Waals surface area contributed by atoms with Gasteiger partial charge in [0, 0.05) is 17.4 Å². The van der Waals surface area contributed by atoms with Crippen LogP contribution in [0, 0.1) is 0 Å². The lowest BCUT2D eigenvalue weighted by Gasteiger charge is -2.38. The first-order chi connectivity index (χ1) is 8.77. The third-order valence-electron chi connectivity index (χ3n) is 3.66. The molecule has 0 aliphatic carbocycles. The number of piperidine rings is 1. The van der Waals surface area contributed by atoms with Crippen molar-refractivity contribution in [3.8, 4) is 0 Å². The number of nitrogens with zero attached hydrogens (tertiary/aromatic N) is 1. The second-order valence-corrected chi connectivity index (χ2v) is 5.87. The van der Waals surface area contributed by atoms with E-state index in [1.54, 1.807) is 0 Å². The van der Waals surface area contributed by atoms with Gasteiger partial charge in [-0.15, -0.1) is 0 Å². The van der Waals surface area contributed by atoms with E-state index < -0.39 is 0 Å². The zero-order chi connectivity index (χ0) is 12.4. The molecule has 1 aromatic rings. The van der Waals surface area contributed by atoms with Crippen LogP contribution in [-0.4, -0.2) is 37.0 Å². The van der Waals surface area contributed by atoms with Gasteiger partial charge in [-0.1, -0.05) is 34.1 Å². The quantitative estimate of drug-likeness (QED) is 0.838. The first kappa shape index (κ1) is 12.6. The highest BCUT2D eigenvalue weighted by Gasteiger charge is 2.40. The largest absolute Gasteiger partial charge is 0.346 e. The molecule has 0 radical (unpaired) electrons. The molecule has 2 aliphatic heterocycles. The molecule has 18 heavy (non-hydrogen) atoms. The second-order valence-electron chi connectivity index (χ2n) is 5.01. The van der Waals surface area contributed by atoms with Crippen LogP contribution >= 0.6 is 15.9 Å². The Hall–Kier alpha value is -0.420. The molecule has 3 rings (SSSR count). The maximum absolute atomic E-state index is 5.80. The van der Waals surface area contributed by atoms with Crippen molar-refractivity contribution in [3.63, 3.8) is 0 Å².